The van der Waals surface area contributed by atoms with E-state index in [0.717, 1.165) is 10.6 Å². The number of carbonyl (C=O) groups excluding carboxylic acids is 1. The zero-order valence-electron chi connectivity index (χ0n) is 8.84. The number of hydrogen-bond acceptors (Lipinski definition) is 2. The van der Waals surface area contributed by atoms with Crippen LogP contribution in [0.1, 0.15) is 13.8 Å². The van der Waals surface area contributed by atoms with Crippen molar-refractivity contribution in [3.05, 3.63) is 11.8 Å². The molecule has 0 aliphatic carbocycles. The third-order valence-electron chi connectivity index (χ3n) is 0.407. The van der Waals surface area contributed by atoms with Gasteiger partial charge in [-0.3, -0.25) is 4.79 Å². The van der Waals surface area contributed by atoms with Crippen LogP contribution >= 0.6 is 0 Å². The maximum absolute atomic E-state index is 9.98. The topological polar surface area (TPSA) is 40.1 Å². The molecule has 0 heterocycles. The van der Waals surface area contributed by atoms with E-state index in [4.69, 9.17) is 0 Å². The molecule has 0 unspecified atom stereocenters. The number of nitrogens with zero attached hydrogens (tertiary/aromatic N) is 1. The Bertz CT molecular complexity index is 156. The van der Waals surface area contributed by atoms with E-state index >= 15 is 0 Å². The van der Waals surface area contributed by atoms with Crippen LogP contribution in [0.2, 0.25) is 0 Å². The maximum atomic E-state index is 9.98. The zero-order chi connectivity index (χ0) is 10.4. The van der Waals surface area contributed by atoms with Gasteiger partial charge in [0.05, 0.1) is 28.2 Å². The molecule has 0 bridgehead atoms. The molecule has 12 heavy (non-hydrogen) atoms. The van der Waals surface area contributed by atoms with Crippen molar-refractivity contribution in [3.63, 3.8) is 0 Å². The van der Waals surface area contributed by atoms with Crippen LogP contribution in [0.3, 0.4) is 0 Å². The highest BCUT2D eigenvalue weighted by molar-refractivity contribution is 5.87. The third kappa shape index (κ3) is 60.9. The fourth-order valence-corrected chi connectivity index (χ4v) is 0.286. The van der Waals surface area contributed by atoms with Crippen molar-refractivity contribution in [3.8, 4) is 0 Å². The third-order valence-corrected chi connectivity index (χ3v) is 0.407. The molecule has 0 radical (unpaired) electrons. The second-order valence-corrected chi connectivity index (χ2v) is 4.05. The quantitative estimate of drug-likeness (QED) is 0.322. The van der Waals surface area contributed by atoms with Crippen molar-refractivity contribution >= 4 is 5.78 Å². The molecule has 0 N–H and O–H groups in total. The van der Waals surface area contributed by atoms with Crippen molar-refractivity contribution in [2.75, 3.05) is 28.2 Å². The molecule has 0 rings (SSSR count). The van der Waals surface area contributed by atoms with Crippen LogP contribution in [-0.4, -0.2) is 38.5 Å². The minimum atomic E-state index is -0.187. The van der Waals surface area contributed by atoms with Crippen LogP contribution in [0.15, 0.2) is 11.8 Å². The molecule has 0 atom stereocenters. The van der Waals surface area contributed by atoms with E-state index in [1.54, 1.807) is 0 Å². The molecule has 72 valence electrons. The highest BCUT2D eigenvalue weighted by atomic mass is 16.3. The molecule has 0 aliphatic heterocycles. The fourth-order valence-electron chi connectivity index (χ4n) is 0.286. The first kappa shape index (κ1) is 13.7. The molecule has 0 aromatic rings. The van der Waals surface area contributed by atoms with Gasteiger partial charge in [-0.15, -0.1) is 5.76 Å². The van der Waals surface area contributed by atoms with Gasteiger partial charge in [-0.25, -0.2) is 0 Å². The summed E-state index contributed by atoms with van der Waals surface area (Å²) < 4.78 is 1.00. The summed E-state index contributed by atoms with van der Waals surface area (Å²) in [7, 11) is 8.50. The van der Waals surface area contributed by atoms with Crippen LogP contribution in [0.25, 0.3) is 0 Å². The van der Waals surface area contributed by atoms with Gasteiger partial charge in [0.25, 0.3) is 0 Å². The standard InChI is InChI=1S/C5H8O2.C4H12N/c1-4(6)3-5(2)7;1-5(2,3)4/h3,6H,1-2H3;1-4H3/q;+1/p-1/b4-3+;. The van der Waals surface area contributed by atoms with Crippen LogP contribution in [-0.2, 0) is 4.79 Å². The maximum Gasteiger partial charge on any atom is 0.151 e. The summed E-state index contributed by atoms with van der Waals surface area (Å²) >= 11 is 0. The van der Waals surface area contributed by atoms with Gasteiger partial charge in [0, 0.05) is 0 Å². The van der Waals surface area contributed by atoms with Crippen LogP contribution in [0.4, 0.5) is 0 Å². The summed E-state index contributed by atoms with van der Waals surface area (Å²) in [6, 6.07) is 0. The zero-order valence-corrected chi connectivity index (χ0v) is 8.84. The van der Waals surface area contributed by atoms with E-state index < -0.39 is 0 Å². The minimum absolute atomic E-state index is 0.187. The van der Waals surface area contributed by atoms with E-state index in [2.05, 4.69) is 28.2 Å². The smallest absolute Gasteiger partial charge is 0.151 e. The number of allylic oxidation sites excluding steroid dienone is 2. The van der Waals surface area contributed by atoms with E-state index in [9.17, 15) is 9.90 Å². The Hall–Kier alpha value is -0.830. The number of rotatable bonds is 1. The number of quaternary nitrogens is 1. The number of ketones is 1. The molecule has 0 fully saturated rings. The van der Waals surface area contributed by atoms with E-state index in [1.165, 1.54) is 13.8 Å². The second kappa shape index (κ2) is 5.77. The predicted molar refractivity (Wildman–Crippen MR) is 48.4 cm³/mol. The first-order chi connectivity index (χ1) is 5.13. The number of hydrogen-bond donors (Lipinski definition) is 0. The summed E-state index contributed by atoms with van der Waals surface area (Å²) in [5.74, 6) is -0.375. The van der Waals surface area contributed by atoms with Gasteiger partial charge in [0.1, 0.15) is 0 Å². The molecule has 3 heteroatoms. The molecule has 3 nitrogen and oxygen atoms in total. The van der Waals surface area contributed by atoms with Gasteiger partial charge in [-0.1, -0.05) is 6.92 Å². The van der Waals surface area contributed by atoms with Gasteiger partial charge in [-0.2, -0.15) is 0 Å². The van der Waals surface area contributed by atoms with Crippen LogP contribution < -0.4 is 5.11 Å². The van der Waals surface area contributed by atoms with Gasteiger partial charge in [0.2, 0.25) is 0 Å². The van der Waals surface area contributed by atoms with Gasteiger partial charge in [0.15, 0.2) is 5.78 Å². The van der Waals surface area contributed by atoms with Gasteiger partial charge >= 0.3 is 0 Å². The highest BCUT2D eigenvalue weighted by Crippen LogP contribution is 1.77. The Morgan fingerprint density at radius 1 is 1.17 bits per heavy atom. The summed E-state index contributed by atoms with van der Waals surface area (Å²) in [6.07, 6.45) is 1.06. The van der Waals surface area contributed by atoms with Crippen molar-refractivity contribution in [1.29, 1.82) is 0 Å². The summed E-state index contributed by atoms with van der Waals surface area (Å²) in [4.78, 5) is 9.98. The number of carbonyl (C=O) groups is 1. The molecule has 0 amide bonds. The average Bonchev–Trinajstić information content (AvgIpc) is 1.52. The van der Waals surface area contributed by atoms with Crippen molar-refractivity contribution in [2.45, 2.75) is 13.8 Å². The van der Waals surface area contributed by atoms with Crippen molar-refractivity contribution in [1.82, 2.24) is 0 Å². The minimum Gasteiger partial charge on any atom is -0.876 e. The Kier molecular flexibility index (Phi) is 6.61. The van der Waals surface area contributed by atoms with E-state index in [1.807, 2.05) is 0 Å². The Morgan fingerprint density at radius 3 is 1.42 bits per heavy atom. The summed E-state index contributed by atoms with van der Waals surface area (Å²) in [6.45, 7) is 2.70. The van der Waals surface area contributed by atoms with Crippen LogP contribution in [0, 0.1) is 0 Å². The molecule has 0 aromatic carbocycles. The second-order valence-electron chi connectivity index (χ2n) is 4.05. The first-order valence-corrected chi connectivity index (χ1v) is 3.77. The van der Waals surface area contributed by atoms with Gasteiger partial charge in [-0.05, 0) is 13.0 Å². The predicted octanol–water partition coefficient (Wildman–Crippen LogP) is 0.162. The molecule has 0 saturated heterocycles. The Labute approximate surface area is 74.9 Å². The Morgan fingerprint density at radius 2 is 1.42 bits per heavy atom. The van der Waals surface area contributed by atoms with Crippen molar-refractivity contribution in [2.24, 2.45) is 0 Å². The lowest BCUT2D eigenvalue weighted by Crippen LogP contribution is -2.27. The fraction of sp³-hybridized carbons (Fsp3) is 0.667. The lowest BCUT2D eigenvalue weighted by Gasteiger charge is -2.14. The SMILES string of the molecule is CC(=O)/C=C(\C)[O-].C[N+](C)(C)C. The highest BCUT2D eigenvalue weighted by Gasteiger charge is 1.88. The summed E-state index contributed by atoms with van der Waals surface area (Å²) in [5, 5.41) is 9.98. The largest absolute Gasteiger partial charge is 0.876 e. The lowest BCUT2D eigenvalue weighted by atomic mass is 10.4. The van der Waals surface area contributed by atoms with E-state index in [-0.39, 0.29) is 11.5 Å². The monoisotopic (exact) mass is 173 g/mol. The molecule has 0 saturated carbocycles. The first-order valence-electron chi connectivity index (χ1n) is 3.77. The molecule has 0 aliphatic rings. The van der Waals surface area contributed by atoms with Crippen LogP contribution in [0.5, 0.6) is 0 Å². The molecule has 0 spiro atoms. The average molecular weight is 173 g/mol. The van der Waals surface area contributed by atoms with E-state index in [0.29, 0.717) is 0 Å². The molecule has 0 aromatic heterocycles. The lowest BCUT2D eigenvalue weighted by molar-refractivity contribution is -0.849. The van der Waals surface area contributed by atoms with Gasteiger partial charge < -0.3 is 9.59 Å². The van der Waals surface area contributed by atoms with Crippen molar-refractivity contribution < 1.29 is 14.4 Å². The molecular weight excluding hydrogens is 154 g/mol. The molecular formula is C9H19NO2. The Balaban J connectivity index is 0. The summed E-state index contributed by atoms with van der Waals surface area (Å²) in [5.41, 5.74) is 0. The normalized spacial score (nSPS) is 11.7.